The van der Waals surface area contributed by atoms with Crippen LogP contribution < -0.4 is 21.5 Å². The van der Waals surface area contributed by atoms with Crippen molar-refractivity contribution in [1.82, 2.24) is 4.98 Å². The maximum absolute atomic E-state index is 12.4. The molecule has 1 aliphatic heterocycles. The lowest BCUT2D eigenvalue weighted by Crippen LogP contribution is -2.33. The van der Waals surface area contributed by atoms with Crippen molar-refractivity contribution in [2.45, 2.75) is 19.4 Å². The highest BCUT2D eigenvalue weighted by Crippen LogP contribution is 2.33. The van der Waals surface area contributed by atoms with Gasteiger partial charge >= 0.3 is 0 Å². The second kappa shape index (κ2) is 7.25. The largest absolute Gasteiger partial charge is 0.381 e. The fourth-order valence-corrected chi connectivity index (χ4v) is 3.84. The number of amides is 2. The quantitative estimate of drug-likeness (QED) is 0.614. The van der Waals surface area contributed by atoms with Crippen LogP contribution in [0, 0.1) is 0 Å². The summed E-state index contributed by atoms with van der Waals surface area (Å²) in [6.45, 7) is 0.254. The molecule has 2 aromatic carbocycles. The highest BCUT2D eigenvalue weighted by atomic mass is 35.5. The van der Waals surface area contributed by atoms with Gasteiger partial charge in [0.05, 0.1) is 11.3 Å². The van der Waals surface area contributed by atoms with Gasteiger partial charge in [-0.2, -0.15) is 0 Å². The second-order valence-electron chi connectivity index (χ2n) is 7.06. The van der Waals surface area contributed by atoms with Crippen molar-refractivity contribution < 1.29 is 9.59 Å². The Morgan fingerprint density at radius 3 is 2.76 bits per heavy atom. The van der Waals surface area contributed by atoms with Crippen LogP contribution in [-0.4, -0.2) is 23.8 Å². The third kappa shape index (κ3) is 3.56. The number of nitrogens with zero attached hydrogens (tertiary/aromatic N) is 1. The van der Waals surface area contributed by atoms with Gasteiger partial charge in [0.25, 0.3) is 11.5 Å². The number of nitrogens with one attached hydrogen (secondary N) is 2. The van der Waals surface area contributed by atoms with E-state index in [4.69, 9.17) is 17.3 Å². The van der Waals surface area contributed by atoms with Gasteiger partial charge in [0.15, 0.2) is 0 Å². The minimum absolute atomic E-state index is 0.0536. The molecule has 0 unspecified atom stereocenters. The van der Waals surface area contributed by atoms with E-state index in [2.05, 4.69) is 10.3 Å². The van der Waals surface area contributed by atoms with E-state index >= 15 is 0 Å². The molecular weight excluding hydrogens is 392 g/mol. The van der Waals surface area contributed by atoms with E-state index in [-0.39, 0.29) is 23.6 Å². The number of aromatic amines is 1. The molecule has 0 aliphatic carbocycles. The fraction of sp³-hybridized carbons (Fsp3) is 0.190. The Morgan fingerprint density at radius 2 is 2.00 bits per heavy atom. The lowest BCUT2D eigenvalue weighted by molar-refractivity contribution is -0.118. The van der Waals surface area contributed by atoms with Crippen molar-refractivity contribution in [3.63, 3.8) is 0 Å². The van der Waals surface area contributed by atoms with Crippen LogP contribution >= 0.6 is 11.6 Å². The number of benzene rings is 2. The van der Waals surface area contributed by atoms with Crippen molar-refractivity contribution >= 4 is 45.7 Å². The van der Waals surface area contributed by atoms with Crippen molar-refractivity contribution in [1.29, 1.82) is 0 Å². The van der Waals surface area contributed by atoms with Gasteiger partial charge in [-0.25, -0.2) is 0 Å². The Kier molecular flexibility index (Phi) is 4.76. The zero-order valence-corrected chi connectivity index (χ0v) is 16.5. The first-order valence-corrected chi connectivity index (χ1v) is 9.50. The molecule has 4 N–H and O–H groups in total. The average molecular weight is 411 g/mol. The van der Waals surface area contributed by atoms with Crippen LogP contribution in [0.25, 0.3) is 10.9 Å². The number of aryl methyl sites for hydroxylation is 1. The first-order valence-electron chi connectivity index (χ1n) is 9.12. The summed E-state index contributed by atoms with van der Waals surface area (Å²) in [4.78, 5) is 40.7. The minimum Gasteiger partial charge on any atom is -0.381 e. The van der Waals surface area contributed by atoms with Crippen molar-refractivity contribution in [2.24, 2.45) is 5.73 Å². The number of primary amides is 1. The predicted octanol–water partition coefficient (Wildman–Crippen LogP) is 2.80. The van der Waals surface area contributed by atoms with Crippen molar-refractivity contribution in [2.75, 3.05) is 17.3 Å². The molecule has 0 saturated heterocycles. The third-order valence-corrected chi connectivity index (χ3v) is 5.37. The molecule has 8 heteroatoms. The Morgan fingerprint density at radius 1 is 1.21 bits per heavy atom. The zero-order chi connectivity index (χ0) is 20.7. The standard InChI is InChI=1S/C21H19ClN4O3/c1-26-18(27)5-2-11-8-15(9-16(19(11)26)20(23)28)24-10-13-6-12-7-14(22)3-4-17(12)25-21(13)29/h3-4,6-9,24H,2,5,10H2,1H3,(H2,23,28)(H,25,29). The highest BCUT2D eigenvalue weighted by molar-refractivity contribution is 6.31. The lowest BCUT2D eigenvalue weighted by atomic mass is 9.96. The number of hydrogen-bond donors (Lipinski definition) is 3. The highest BCUT2D eigenvalue weighted by Gasteiger charge is 2.26. The van der Waals surface area contributed by atoms with Gasteiger partial charge in [-0.15, -0.1) is 0 Å². The Labute approximate surface area is 171 Å². The van der Waals surface area contributed by atoms with Crippen molar-refractivity contribution in [3.05, 3.63) is 68.5 Å². The van der Waals surface area contributed by atoms with Crippen molar-refractivity contribution in [3.8, 4) is 0 Å². The zero-order valence-electron chi connectivity index (χ0n) is 15.7. The van der Waals surface area contributed by atoms with E-state index in [1.807, 2.05) is 6.07 Å². The summed E-state index contributed by atoms with van der Waals surface area (Å²) in [5, 5.41) is 4.61. The Bertz CT molecular complexity index is 1220. The van der Waals surface area contributed by atoms with Crippen LogP contribution in [0.4, 0.5) is 11.4 Å². The molecule has 0 saturated carbocycles. The maximum atomic E-state index is 12.4. The van der Waals surface area contributed by atoms with Gasteiger partial charge in [-0.05, 0) is 48.4 Å². The molecule has 0 spiro atoms. The molecule has 29 heavy (non-hydrogen) atoms. The van der Waals surface area contributed by atoms with Gasteiger partial charge < -0.3 is 20.9 Å². The minimum atomic E-state index is -0.607. The Balaban J connectivity index is 1.67. The van der Waals surface area contributed by atoms with Gasteiger partial charge in [0, 0.05) is 47.2 Å². The van der Waals surface area contributed by atoms with Crippen LogP contribution in [0.15, 0.2) is 41.2 Å². The molecular formula is C21H19ClN4O3. The smallest absolute Gasteiger partial charge is 0.253 e. The van der Waals surface area contributed by atoms with Gasteiger partial charge in [-0.3, -0.25) is 14.4 Å². The molecule has 148 valence electrons. The van der Waals surface area contributed by atoms with E-state index in [0.717, 1.165) is 10.9 Å². The molecule has 1 aliphatic rings. The Hall–Kier alpha value is -3.32. The number of fused-ring (bicyclic) bond motifs is 2. The number of halogens is 1. The summed E-state index contributed by atoms with van der Waals surface area (Å²) in [6.07, 6.45) is 0.902. The van der Waals surface area contributed by atoms with E-state index in [0.29, 0.717) is 40.3 Å². The number of anilines is 2. The normalized spacial score (nSPS) is 13.4. The van der Waals surface area contributed by atoms with Crippen LogP contribution in [0.2, 0.25) is 5.02 Å². The molecule has 0 bridgehead atoms. The molecule has 3 aromatic rings. The molecule has 7 nitrogen and oxygen atoms in total. The first-order chi connectivity index (χ1) is 13.8. The van der Waals surface area contributed by atoms with Gasteiger partial charge in [0.1, 0.15) is 0 Å². The molecule has 0 atom stereocenters. The monoisotopic (exact) mass is 410 g/mol. The summed E-state index contributed by atoms with van der Waals surface area (Å²) in [6, 6.07) is 10.5. The molecule has 2 amide bonds. The van der Waals surface area contributed by atoms with Gasteiger partial charge in [0.2, 0.25) is 5.91 Å². The van der Waals surface area contributed by atoms with Crippen LogP contribution in [-0.2, 0) is 17.8 Å². The molecule has 2 heterocycles. The van der Waals surface area contributed by atoms with E-state index in [1.165, 1.54) is 4.90 Å². The molecule has 0 fully saturated rings. The van der Waals surface area contributed by atoms with Gasteiger partial charge in [-0.1, -0.05) is 11.6 Å². The number of pyridine rings is 1. The number of aromatic nitrogens is 1. The predicted molar refractivity (Wildman–Crippen MR) is 114 cm³/mol. The number of carbonyl (C=O) groups is 2. The lowest BCUT2D eigenvalue weighted by Gasteiger charge is -2.28. The molecule has 0 radical (unpaired) electrons. The average Bonchev–Trinajstić information content (AvgIpc) is 2.69. The van der Waals surface area contributed by atoms with Crippen LogP contribution in [0.1, 0.15) is 27.9 Å². The van der Waals surface area contributed by atoms with E-state index < -0.39 is 5.91 Å². The summed E-state index contributed by atoms with van der Waals surface area (Å²) in [5.74, 6) is -0.660. The number of rotatable bonds is 4. The summed E-state index contributed by atoms with van der Waals surface area (Å²) in [5.41, 5.74) is 8.94. The fourth-order valence-electron chi connectivity index (χ4n) is 3.66. The van der Waals surface area contributed by atoms with Crippen LogP contribution in [0.3, 0.4) is 0 Å². The summed E-state index contributed by atoms with van der Waals surface area (Å²) < 4.78 is 0. The first kappa shape index (κ1) is 19.0. The number of H-pyrrole nitrogens is 1. The number of nitrogens with two attached hydrogens (primary N) is 1. The summed E-state index contributed by atoms with van der Waals surface area (Å²) >= 11 is 6.04. The van der Waals surface area contributed by atoms with E-state index in [9.17, 15) is 14.4 Å². The van der Waals surface area contributed by atoms with E-state index in [1.54, 1.807) is 37.4 Å². The van der Waals surface area contributed by atoms with Crippen LogP contribution in [0.5, 0.6) is 0 Å². The number of carbonyl (C=O) groups excluding carboxylic acids is 2. The topological polar surface area (TPSA) is 108 Å². The SMILES string of the molecule is CN1C(=O)CCc2cc(NCc3cc4cc(Cl)ccc4[nH]c3=O)cc(C(N)=O)c21. The number of hydrogen-bond acceptors (Lipinski definition) is 4. The summed E-state index contributed by atoms with van der Waals surface area (Å²) in [7, 11) is 1.64. The second-order valence-corrected chi connectivity index (χ2v) is 7.49. The molecule has 4 rings (SSSR count). The third-order valence-electron chi connectivity index (χ3n) is 5.14. The molecule has 1 aromatic heterocycles. The maximum Gasteiger partial charge on any atom is 0.253 e.